The molecule has 0 spiro atoms. The molecular formula is C13H21NS. The third-order valence-electron chi connectivity index (χ3n) is 3.29. The number of hydrogen-bond acceptors (Lipinski definition) is 2. The Hall–Kier alpha value is -0.340. The van der Waals surface area contributed by atoms with Crippen molar-refractivity contribution >= 4 is 11.3 Å². The molecule has 1 saturated carbocycles. The van der Waals surface area contributed by atoms with Gasteiger partial charge >= 0.3 is 0 Å². The van der Waals surface area contributed by atoms with Gasteiger partial charge in [0.25, 0.3) is 0 Å². The Balaban J connectivity index is 1.64. The second kappa shape index (κ2) is 6.29. The highest BCUT2D eigenvalue weighted by Gasteiger charge is 2.11. The first kappa shape index (κ1) is 11.2. The summed E-state index contributed by atoms with van der Waals surface area (Å²) in [5, 5.41) is 5.75. The van der Waals surface area contributed by atoms with Gasteiger partial charge < -0.3 is 5.32 Å². The molecular weight excluding hydrogens is 202 g/mol. The van der Waals surface area contributed by atoms with E-state index in [1.807, 2.05) is 11.3 Å². The molecule has 0 radical (unpaired) electrons. The SMILES string of the molecule is c1csc(CNCC2CCCCCC2)c1. The van der Waals surface area contributed by atoms with Gasteiger partial charge in [0.2, 0.25) is 0 Å². The van der Waals surface area contributed by atoms with Crippen molar-refractivity contribution in [2.75, 3.05) is 6.54 Å². The number of rotatable bonds is 4. The largest absolute Gasteiger partial charge is 0.312 e. The summed E-state index contributed by atoms with van der Waals surface area (Å²) in [5.74, 6) is 0.937. The summed E-state index contributed by atoms with van der Waals surface area (Å²) in [4.78, 5) is 1.46. The monoisotopic (exact) mass is 223 g/mol. The van der Waals surface area contributed by atoms with E-state index in [1.165, 1.54) is 49.9 Å². The van der Waals surface area contributed by atoms with Crippen molar-refractivity contribution in [1.29, 1.82) is 0 Å². The van der Waals surface area contributed by atoms with Crippen LogP contribution < -0.4 is 5.32 Å². The van der Waals surface area contributed by atoms with E-state index in [0.29, 0.717) is 0 Å². The molecule has 1 fully saturated rings. The highest BCUT2D eigenvalue weighted by atomic mass is 32.1. The Labute approximate surface area is 96.9 Å². The zero-order valence-corrected chi connectivity index (χ0v) is 10.2. The van der Waals surface area contributed by atoms with Gasteiger partial charge in [0.1, 0.15) is 0 Å². The minimum atomic E-state index is 0.937. The topological polar surface area (TPSA) is 12.0 Å². The predicted octanol–water partition coefficient (Wildman–Crippen LogP) is 3.81. The van der Waals surface area contributed by atoms with E-state index in [1.54, 1.807) is 0 Å². The van der Waals surface area contributed by atoms with Gasteiger partial charge in [0, 0.05) is 11.4 Å². The van der Waals surface area contributed by atoms with Gasteiger partial charge in [0.05, 0.1) is 0 Å². The van der Waals surface area contributed by atoms with Gasteiger partial charge in [0.15, 0.2) is 0 Å². The predicted molar refractivity (Wildman–Crippen MR) is 67.2 cm³/mol. The molecule has 0 aliphatic heterocycles. The first-order valence-electron chi connectivity index (χ1n) is 6.18. The van der Waals surface area contributed by atoms with Gasteiger partial charge in [-0.05, 0) is 36.8 Å². The molecule has 1 heterocycles. The summed E-state index contributed by atoms with van der Waals surface area (Å²) in [6.45, 7) is 2.28. The van der Waals surface area contributed by atoms with Gasteiger partial charge in [-0.2, -0.15) is 0 Å². The average Bonchev–Trinajstić information content (AvgIpc) is 2.62. The van der Waals surface area contributed by atoms with E-state index in [9.17, 15) is 0 Å². The van der Waals surface area contributed by atoms with Crippen LogP contribution in [0.25, 0.3) is 0 Å². The molecule has 1 aliphatic rings. The maximum atomic E-state index is 3.60. The smallest absolute Gasteiger partial charge is 0.0299 e. The molecule has 1 aromatic rings. The molecule has 1 aliphatic carbocycles. The third-order valence-corrected chi connectivity index (χ3v) is 4.16. The van der Waals surface area contributed by atoms with Crippen molar-refractivity contribution in [3.8, 4) is 0 Å². The second-order valence-corrected chi connectivity index (χ2v) is 5.60. The minimum Gasteiger partial charge on any atom is -0.312 e. The van der Waals surface area contributed by atoms with Crippen LogP contribution in [0.2, 0.25) is 0 Å². The van der Waals surface area contributed by atoms with Gasteiger partial charge in [-0.25, -0.2) is 0 Å². The van der Waals surface area contributed by atoms with E-state index in [2.05, 4.69) is 22.8 Å². The standard InChI is InChI=1S/C13H21NS/c1-2-4-7-12(6-3-1)10-14-11-13-8-5-9-15-13/h5,8-9,12,14H,1-4,6-7,10-11H2. The van der Waals surface area contributed by atoms with Gasteiger partial charge in [-0.15, -0.1) is 11.3 Å². The zero-order valence-electron chi connectivity index (χ0n) is 9.37. The first-order valence-corrected chi connectivity index (χ1v) is 7.06. The van der Waals surface area contributed by atoms with Crippen molar-refractivity contribution in [1.82, 2.24) is 5.32 Å². The first-order chi connectivity index (χ1) is 7.45. The molecule has 0 bridgehead atoms. The second-order valence-electron chi connectivity index (χ2n) is 4.57. The van der Waals surface area contributed by atoms with Crippen LogP contribution in [0, 0.1) is 5.92 Å². The summed E-state index contributed by atoms with van der Waals surface area (Å²) in [7, 11) is 0. The number of hydrogen-bond donors (Lipinski definition) is 1. The van der Waals surface area contributed by atoms with E-state index < -0.39 is 0 Å². The van der Waals surface area contributed by atoms with Crippen molar-refractivity contribution in [3.05, 3.63) is 22.4 Å². The van der Waals surface area contributed by atoms with E-state index in [0.717, 1.165) is 12.5 Å². The maximum Gasteiger partial charge on any atom is 0.0299 e. The Morgan fingerprint density at radius 3 is 2.67 bits per heavy atom. The Kier molecular flexibility index (Phi) is 4.68. The summed E-state index contributed by atoms with van der Waals surface area (Å²) < 4.78 is 0. The molecule has 15 heavy (non-hydrogen) atoms. The van der Waals surface area contributed by atoms with Crippen LogP contribution in [-0.4, -0.2) is 6.54 Å². The molecule has 1 nitrogen and oxygen atoms in total. The fourth-order valence-electron chi connectivity index (χ4n) is 2.38. The Morgan fingerprint density at radius 2 is 2.00 bits per heavy atom. The molecule has 0 aromatic carbocycles. The average molecular weight is 223 g/mol. The van der Waals surface area contributed by atoms with Crippen molar-refractivity contribution < 1.29 is 0 Å². The van der Waals surface area contributed by atoms with E-state index in [-0.39, 0.29) is 0 Å². The van der Waals surface area contributed by atoms with Crippen LogP contribution >= 0.6 is 11.3 Å². The molecule has 0 saturated heterocycles. The van der Waals surface area contributed by atoms with E-state index in [4.69, 9.17) is 0 Å². The summed E-state index contributed by atoms with van der Waals surface area (Å²) >= 11 is 1.85. The lowest BCUT2D eigenvalue weighted by Crippen LogP contribution is -2.21. The maximum absolute atomic E-state index is 3.60. The normalized spacial score (nSPS) is 18.9. The highest BCUT2D eigenvalue weighted by Crippen LogP contribution is 2.22. The third kappa shape index (κ3) is 3.96. The molecule has 0 amide bonds. The number of thiophene rings is 1. The molecule has 1 N–H and O–H groups in total. The van der Waals surface area contributed by atoms with Crippen LogP contribution in [0.1, 0.15) is 43.4 Å². The fourth-order valence-corrected chi connectivity index (χ4v) is 3.06. The van der Waals surface area contributed by atoms with Crippen LogP contribution in [0.5, 0.6) is 0 Å². The Morgan fingerprint density at radius 1 is 1.20 bits per heavy atom. The molecule has 0 unspecified atom stereocenters. The van der Waals surface area contributed by atoms with Crippen molar-refractivity contribution in [2.24, 2.45) is 5.92 Å². The van der Waals surface area contributed by atoms with Crippen LogP contribution in [0.4, 0.5) is 0 Å². The van der Waals surface area contributed by atoms with Crippen LogP contribution in [-0.2, 0) is 6.54 Å². The highest BCUT2D eigenvalue weighted by molar-refractivity contribution is 7.09. The quantitative estimate of drug-likeness (QED) is 0.765. The number of nitrogens with one attached hydrogen (secondary N) is 1. The zero-order chi connectivity index (χ0) is 10.3. The van der Waals surface area contributed by atoms with Crippen molar-refractivity contribution in [2.45, 2.75) is 45.1 Å². The molecule has 2 rings (SSSR count). The lowest BCUT2D eigenvalue weighted by atomic mass is 10.0. The Bertz CT molecular complexity index is 248. The van der Waals surface area contributed by atoms with Crippen LogP contribution in [0.3, 0.4) is 0 Å². The summed E-state index contributed by atoms with van der Waals surface area (Å²) in [6.07, 6.45) is 8.70. The molecule has 84 valence electrons. The fraction of sp³-hybridized carbons (Fsp3) is 0.692. The minimum absolute atomic E-state index is 0.937. The van der Waals surface area contributed by atoms with Crippen LogP contribution in [0.15, 0.2) is 17.5 Å². The van der Waals surface area contributed by atoms with Gasteiger partial charge in [-0.1, -0.05) is 31.7 Å². The lowest BCUT2D eigenvalue weighted by Gasteiger charge is -2.14. The summed E-state index contributed by atoms with van der Waals surface area (Å²) in [5.41, 5.74) is 0. The van der Waals surface area contributed by atoms with Crippen molar-refractivity contribution in [3.63, 3.8) is 0 Å². The van der Waals surface area contributed by atoms with Gasteiger partial charge in [-0.3, -0.25) is 0 Å². The molecule has 2 heteroatoms. The van der Waals surface area contributed by atoms with E-state index >= 15 is 0 Å². The molecule has 0 atom stereocenters. The lowest BCUT2D eigenvalue weighted by molar-refractivity contribution is 0.426. The summed E-state index contributed by atoms with van der Waals surface area (Å²) in [6, 6.07) is 4.35. The molecule has 1 aromatic heterocycles.